The number of aromatic hydroxyl groups is 1. The minimum atomic E-state index is -1.03. The maximum Gasteiger partial charge on any atom is 0.314 e. The molecular formula is C16H13FO3. The van der Waals surface area contributed by atoms with Crippen LogP contribution in [0.5, 0.6) is 5.75 Å². The monoisotopic (exact) mass is 272 g/mol. The van der Waals surface area contributed by atoms with Gasteiger partial charge >= 0.3 is 5.97 Å². The molecule has 2 N–H and O–H groups in total. The number of carbonyl (C=O) groups is 1. The van der Waals surface area contributed by atoms with Crippen molar-refractivity contribution in [3.8, 4) is 16.9 Å². The van der Waals surface area contributed by atoms with E-state index in [4.69, 9.17) is 0 Å². The molecule has 102 valence electrons. The summed E-state index contributed by atoms with van der Waals surface area (Å²) in [4.78, 5) is 11.2. The molecule has 4 heteroatoms. The molecule has 0 saturated heterocycles. The minimum absolute atomic E-state index is 0.147. The lowest BCUT2D eigenvalue weighted by Crippen LogP contribution is -2.20. The highest BCUT2D eigenvalue weighted by Gasteiger charge is 2.53. The zero-order valence-corrected chi connectivity index (χ0v) is 10.6. The first-order valence-corrected chi connectivity index (χ1v) is 6.36. The van der Waals surface area contributed by atoms with Crippen molar-refractivity contribution in [3.05, 3.63) is 53.8 Å². The average molecular weight is 272 g/mol. The summed E-state index contributed by atoms with van der Waals surface area (Å²) in [5.74, 6) is -1.31. The summed E-state index contributed by atoms with van der Waals surface area (Å²) >= 11 is 0. The van der Waals surface area contributed by atoms with Gasteiger partial charge in [-0.05, 0) is 42.2 Å². The van der Waals surface area contributed by atoms with Gasteiger partial charge in [0, 0.05) is 5.56 Å². The second-order valence-corrected chi connectivity index (χ2v) is 5.13. The Morgan fingerprint density at radius 1 is 1.05 bits per heavy atom. The number of halogens is 1. The summed E-state index contributed by atoms with van der Waals surface area (Å²) in [6.07, 6.45) is 0.968. The van der Waals surface area contributed by atoms with E-state index in [-0.39, 0.29) is 11.3 Å². The molecule has 1 aliphatic rings. The number of hydrogen-bond acceptors (Lipinski definition) is 2. The lowest BCUT2D eigenvalue weighted by molar-refractivity contribution is -0.140. The topological polar surface area (TPSA) is 57.5 Å². The lowest BCUT2D eigenvalue weighted by atomic mass is 9.93. The van der Waals surface area contributed by atoms with E-state index >= 15 is 0 Å². The van der Waals surface area contributed by atoms with Gasteiger partial charge in [0.1, 0.15) is 11.6 Å². The first-order chi connectivity index (χ1) is 9.53. The molecular weight excluding hydrogens is 259 g/mol. The molecule has 0 aromatic heterocycles. The van der Waals surface area contributed by atoms with E-state index < -0.39 is 17.2 Å². The number of benzene rings is 2. The second-order valence-electron chi connectivity index (χ2n) is 5.13. The van der Waals surface area contributed by atoms with E-state index in [0.29, 0.717) is 18.4 Å². The Balaban J connectivity index is 2.00. The SMILES string of the molecule is O=C(O)C1(c2ccc(-c3ccc(O)cc3)cc2F)CC1. The standard InChI is InChI=1S/C16H13FO3/c17-14-9-11(10-1-4-12(18)5-2-10)3-6-13(14)16(7-8-16)15(19)20/h1-6,9,18H,7-8H2,(H,19,20). The molecule has 0 unspecified atom stereocenters. The molecule has 0 radical (unpaired) electrons. The minimum Gasteiger partial charge on any atom is -0.508 e. The molecule has 0 amide bonds. The highest BCUT2D eigenvalue weighted by Crippen LogP contribution is 2.49. The molecule has 0 aliphatic heterocycles. The summed E-state index contributed by atoms with van der Waals surface area (Å²) in [6.45, 7) is 0. The predicted molar refractivity (Wildman–Crippen MR) is 72.0 cm³/mol. The number of carboxylic acids is 1. The van der Waals surface area contributed by atoms with E-state index in [0.717, 1.165) is 5.56 Å². The molecule has 3 nitrogen and oxygen atoms in total. The van der Waals surface area contributed by atoms with E-state index in [1.165, 1.54) is 18.2 Å². The van der Waals surface area contributed by atoms with Crippen LogP contribution in [-0.2, 0) is 10.2 Å². The Labute approximate surface area is 115 Å². The summed E-state index contributed by atoms with van der Waals surface area (Å²) in [6, 6.07) is 11.1. The number of phenolic OH excluding ortho intramolecular Hbond substituents is 1. The zero-order valence-electron chi connectivity index (χ0n) is 10.6. The Kier molecular flexibility index (Phi) is 2.74. The van der Waals surface area contributed by atoms with Crippen LogP contribution in [0.2, 0.25) is 0 Å². The number of phenols is 1. The van der Waals surface area contributed by atoms with Crippen molar-refractivity contribution in [1.29, 1.82) is 0 Å². The molecule has 2 aromatic carbocycles. The lowest BCUT2D eigenvalue weighted by Gasteiger charge is -2.12. The van der Waals surface area contributed by atoms with Crippen LogP contribution < -0.4 is 0 Å². The Hall–Kier alpha value is -2.36. The van der Waals surface area contributed by atoms with Gasteiger partial charge in [-0.3, -0.25) is 4.79 Å². The first-order valence-electron chi connectivity index (χ1n) is 6.36. The molecule has 1 fully saturated rings. The predicted octanol–water partition coefficient (Wildman–Crippen LogP) is 3.31. The van der Waals surface area contributed by atoms with Gasteiger partial charge in [-0.25, -0.2) is 4.39 Å². The van der Waals surface area contributed by atoms with Gasteiger partial charge in [-0.1, -0.05) is 24.3 Å². The Morgan fingerprint density at radius 2 is 1.65 bits per heavy atom. The number of rotatable bonds is 3. The number of carboxylic acid groups (broad SMARTS) is 1. The van der Waals surface area contributed by atoms with Crippen LogP contribution in [0.4, 0.5) is 4.39 Å². The van der Waals surface area contributed by atoms with Crippen LogP contribution in [-0.4, -0.2) is 16.2 Å². The fourth-order valence-corrected chi connectivity index (χ4v) is 2.46. The van der Waals surface area contributed by atoms with Gasteiger partial charge in [0.05, 0.1) is 5.41 Å². The third kappa shape index (κ3) is 1.93. The van der Waals surface area contributed by atoms with Gasteiger partial charge in [0.2, 0.25) is 0 Å². The van der Waals surface area contributed by atoms with Crippen LogP contribution >= 0.6 is 0 Å². The number of hydrogen-bond donors (Lipinski definition) is 2. The summed E-state index contributed by atoms with van der Waals surface area (Å²) < 4.78 is 14.2. The van der Waals surface area contributed by atoms with Crippen LogP contribution in [0.15, 0.2) is 42.5 Å². The molecule has 20 heavy (non-hydrogen) atoms. The van der Waals surface area contributed by atoms with E-state index in [1.807, 2.05) is 0 Å². The van der Waals surface area contributed by atoms with Crippen molar-refractivity contribution in [2.45, 2.75) is 18.3 Å². The average Bonchev–Trinajstić information content (AvgIpc) is 3.21. The van der Waals surface area contributed by atoms with Crippen molar-refractivity contribution >= 4 is 5.97 Å². The van der Waals surface area contributed by atoms with Crippen LogP contribution in [0.3, 0.4) is 0 Å². The smallest absolute Gasteiger partial charge is 0.314 e. The molecule has 3 rings (SSSR count). The quantitative estimate of drug-likeness (QED) is 0.901. The summed E-state index contributed by atoms with van der Waals surface area (Å²) in [7, 11) is 0. The zero-order chi connectivity index (χ0) is 14.3. The van der Waals surface area contributed by atoms with E-state index in [1.54, 1.807) is 24.3 Å². The molecule has 0 bridgehead atoms. The van der Waals surface area contributed by atoms with Gasteiger partial charge < -0.3 is 10.2 Å². The maximum absolute atomic E-state index is 14.2. The fraction of sp³-hybridized carbons (Fsp3) is 0.188. The van der Waals surface area contributed by atoms with Crippen molar-refractivity contribution in [2.75, 3.05) is 0 Å². The van der Waals surface area contributed by atoms with Crippen molar-refractivity contribution < 1.29 is 19.4 Å². The van der Waals surface area contributed by atoms with E-state index in [2.05, 4.69) is 0 Å². The van der Waals surface area contributed by atoms with Gasteiger partial charge in [0.25, 0.3) is 0 Å². The highest BCUT2D eigenvalue weighted by molar-refractivity contribution is 5.85. The molecule has 1 aliphatic carbocycles. The normalized spacial score (nSPS) is 15.8. The highest BCUT2D eigenvalue weighted by atomic mass is 19.1. The maximum atomic E-state index is 14.2. The Morgan fingerprint density at radius 3 is 2.15 bits per heavy atom. The Bertz CT molecular complexity index is 673. The summed E-state index contributed by atoms with van der Waals surface area (Å²) in [5.41, 5.74) is 0.658. The van der Waals surface area contributed by atoms with Gasteiger partial charge in [-0.15, -0.1) is 0 Å². The van der Waals surface area contributed by atoms with Crippen molar-refractivity contribution in [2.24, 2.45) is 0 Å². The second kappa shape index (κ2) is 4.34. The largest absolute Gasteiger partial charge is 0.508 e. The third-order valence-electron chi connectivity index (χ3n) is 3.84. The number of aliphatic carboxylic acids is 1. The van der Waals surface area contributed by atoms with Gasteiger partial charge in [-0.2, -0.15) is 0 Å². The summed E-state index contributed by atoms with van der Waals surface area (Å²) in [5, 5.41) is 18.4. The van der Waals surface area contributed by atoms with Crippen LogP contribution in [0.1, 0.15) is 18.4 Å². The molecule has 0 heterocycles. The molecule has 1 saturated carbocycles. The van der Waals surface area contributed by atoms with E-state index in [9.17, 15) is 19.4 Å². The van der Waals surface area contributed by atoms with Crippen LogP contribution in [0, 0.1) is 5.82 Å². The first kappa shape index (κ1) is 12.7. The molecule has 0 spiro atoms. The molecule has 2 aromatic rings. The van der Waals surface area contributed by atoms with Gasteiger partial charge in [0.15, 0.2) is 0 Å². The van der Waals surface area contributed by atoms with Crippen LogP contribution in [0.25, 0.3) is 11.1 Å². The fourth-order valence-electron chi connectivity index (χ4n) is 2.46. The third-order valence-corrected chi connectivity index (χ3v) is 3.84. The molecule has 0 atom stereocenters. The van der Waals surface area contributed by atoms with Crippen molar-refractivity contribution in [1.82, 2.24) is 0 Å². The van der Waals surface area contributed by atoms with Crippen molar-refractivity contribution in [3.63, 3.8) is 0 Å².